The van der Waals surface area contributed by atoms with Gasteiger partial charge in [-0.05, 0) is 29.3 Å². The van der Waals surface area contributed by atoms with Crippen LogP contribution >= 0.6 is 12.4 Å². The van der Waals surface area contributed by atoms with Gasteiger partial charge < -0.3 is 19.6 Å². The number of para-hydroxylation sites is 1. The zero-order chi connectivity index (χ0) is 18.3. The summed E-state index contributed by atoms with van der Waals surface area (Å²) in [5.74, 6) is 0.173. The number of hydrogen-bond donors (Lipinski definition) is 3. The average Bonchev–Trinajstić information content (AvgIpc) is 3.05. The second-order valence-corrected chi connectivity index (χ2v) is 6.37. The normalized spacial score (nSPS) is 18.4. The molecule has 6 nitrogen and oxygen atoms in total. The van der Waals surface area contributed by atoms with Gasteiger partial charge in [0.25, 0.3) is 0 Å². The molecular weight excluding hydrogens is 368 g/mol. The number of aromatic nitrogens is 1. The summed E-state index contributed by atoms with van der Waals surface area (Å²) in [7, 11) is 2.91. The standard InChI is InChI=1S/C20H20N2O4.ClH/c1-25-17-9-11(7-8-16(17)23)18-19-13(10-15(22-18)20(24)26-2)12-5-3-4-6-14(12)21-19;/h3-9,15,18,21-23H,10H2,1-2H3;1H/t15-,18-;/m0./s1. The Morgan fingerprint density at radius 2 is 1.96 bits per heavy atom. The number of nitrogens with one attached hydrogen (secondary N) is 2. The molecule has 0 saturated carbocycles. The first-order valence-electron chi connectivity index (χ1n) is 8.42. The molecule has 3 aromatic rings. The lowest BCUT2D eigenvalue weighted by atomic mass is 9.90. The number of aromatic amines is 1. The summed E-state index contributed by atoms with van der Waals surface area (Å²) in [5, 5.41) is 14.4. The molecule has 27 heavy (non-hydrogen) atoms. The first-order chi connectivity index (χ1) is 12.6. The number of carbonyl (C=O) groups is 1. The SMILES string of the molecule is COC(=O)[C@@H]1Cc2c([nH]c3ccccc23)[C@H](c2ccc(O)c(OC)c2)N1.Cl. The molecule has 0 bridgehead atoms. The van der Waals surface area contributed by atoms with Gasteiger partial charge in [-0.1, -0.05) is 24.3 Å². The third-order valence-electron chi connectivity index (χ3n) is 4.93. The number of phenols is 1. The molecule has 0 fully saturated rings. The maximum atomic E-state index is 12.2. The molecule has 1 aliphatic rings. The Balaban J connectivity index is 0.00000210. The van der Waals surface area contributed by atoms with Gasteiger partial charge in [0.2, 0.25) is 0 Å². The van der Waals surface area contributed by atoms with E-state index in [-0.39, 0.29) is 30.2 Å². The highest BCUT2D eigenvalue weighted by molar-refractivity contribution is 5.87. The fourth-order valence-electron chi connectivity index (χ4n) is 3.67. The first kappa shape index (κ1) is 19.1. The van der Waals surface area contributed by atoms with E-state index < -0.39 is 6.04 Å². The van der Waals surface area contributed by atoms with Crippen molar-refractivity contribution in [1.82, 2.24) is 10.3 Å². The third-order valence-corrected chi connectivity index (χ3v) is 4.93. The van der Waals surface area contributed by atoms with Crippen LogP contribution in [0.15, 0.2) is 42.5 Å². The fourth-order valence-corrected chi connectivity index (χ4v) is 3.67. The minimum absolute atomic E-state index is 0. The van der Waals surface area contributed by atoms with Gasteiger partial charge in [0, 0.05) is 23.0 Å². The van der Waals surface area contributed by atoms with E-state index in [1.807, 2.05) is 24.3 Å². The third kappa shape index (κ3) is 3.22. The fraction of sp³-hybridized carbons (Fsp3) is 0.250. The number of carbonyl (C=O) groups excluding carboxylic acids is 1. The van der Waals surface area contributed by atoms with Gasteiger partial charge in [-0.3, -0.25) is 10.1 Å². The van der Waals surface area contributed by atoms with Gasteiger partial charge in [-0.15, -0.1) is 12.4 Å². The summed E-state index contributed by atoms with van der Waals surface area (Å²) >= 11 is 0. The summed E-state index contributed by atoms with van der Waals surface area (Å²) in [6, 6.07) is 12.6. The van der Waals surface area contributed by atoms with Crippen molar-refractivity contribution in [2.45, 2.75) is 18.5 Å². The Morgan fingerprint density at radius 3 is 2.70 bits per heavy atom. The lowest BCUT2D eigenvalue weighted by Gasteiger charge is -2.30. The number of fused-ring (bicyclic) bond motifs is 3. The zero-order valence-corrected chi connectivity index (χ0v) is 15.8. The highest BCUT2D eigenvalue weighted by Crippen LogP contribution is 2.37. The van der Waals surface area contributed by atoms with Crippen LogP contribution in [-0.2, 0) is 16.0 Å². The van der Waals surface area contributed by atoms with Crippen molar-refractivity contribution >= 4 is 29.3 Å². The molecule has 2 heterocycles. The van der Waals surface area contributed by atoms with Crippen molar-refractivity contribution in [3.63, 3.8) is 0 Å². The lowest BCUT2D eigenvalue weighted by Crippen LogP contribution is -2.45. The molecule has 1 aliphatic heterocycles. The molecule has 1 aromatic heterocycles. The highest BCUT2D eigenvalue weighted by atomic mass is 35.5. The molecule has 0 amide bonds. The van der Waals surface area contributed by atoms with Crippen LogP contribution in [0.25, 0.3) is 10.9 Å². The van der Waals surface area contributed by atoms with Crippen LogP contribution in [0.1, 0.15) is 22.9 Å². The second kappa shape index (κ2) is 7.50. The van der Waals surface area contributed by atoms with E-state index in [1.54, 1.807) is 12.1 Å². The molecule has 0 spiro atoms. The summed E-state index contributed by atoms with van der Waals surface area (Å²) in [5.41, 5.74) is 4.03. The number of benzene rings is 2. The minimum atomic E-state index is -0.448. The van der Waals surface area contributed by atoms with Crippen molar-refractivity contribution < 1.29 is 19.4 Å². The minimum Gasteiger partial charge on any atom is -0.504 e. The quantitative estimate of drug-likeness (QED) is 0.600. The number of H-pyrrole nitrogens is 1. The summed E-state index contributed by atoms with van der Waals surface area (Å²) in [6.45, 7) is 0. The summed E-state index contributed by atoms with van der Waals surface area (Å²) in [4.78, 5) is 15.7. The molecular formula is C20H21ClN2O4. The van der Waals surface area contributed by atoms with Gasteiger partial charge in [0.1, 0.15) is 6.04 Å². The van der Waals surface area contributed by atoms with Gasteiger partial charge in [0.15, 0.2) is 11.5 Å². The van der Waals surface area contributed by atoms with Crippen molar-refractivity contribution in [3.8, 4) is 11.5 Å². The van der Waals surface area contributed by atoms with E-state index in [2.05, 4.69) is 16.4 Å². The van der Waals surface area contributed by atoms with Crippen LogP contribution in [0.4, 0.5) is 0 Å². The van der Waals surface area contributed by atoms with Crippen LogP contribution in [0.3, 0.4) is 0 Å². The summed E-state index contributed by atoms with van der Waals surface area (Å²) in [6.07, 6.45) is 0.553. The Labute approximate surface area is 162 Å². The van der Waals surface area contributed by atoms with Gasteiger partial charge in [-0.2, -0.15) is 0 Å². The van der Waals surface area contributed by atoms with E-state index >= 15 is 0 Å². The van der Waals surface area contributed by atoms with Crippen LogP contribution in [0, 0.1) is 0 Å². The average molecular weight is 389 g/mol. The van der Waals surface area contributed by atoms with Gasteiger partial charge >= 0.3 is 5.97 Å². The molecule has 0 aliphatic carbocycles. The molecule has 142 valence electrons. The van der Waals surface area contributed by atoms with Crippen LogP contribution < -0.4 is 10.1 Å². The van der Waals surface area contributed by atoms with E-state index in [9.17, 15) is 9.90 Å². The van der Waals surface area contributed by atoms with Crippen LogP contribution in [-0.4, -0.2) is 36.3 Å². The monoisotopic (exact) mass is 388 g/mol. The number of ether oxygens (including phenoxy) is 2. The maximum Gasteiger partial charge on any atom is 0.323 e. The van der Waals surface area contributed by atoms with E-state index in [0.29, 0.717) is 12.2 Å². The Morgan fingerprint density at radius 1 is 1.19 bits per heavy atom. The number of phenolic OH excluding ortho intramolecular Hbond substituents is 1. The van der Waals surface area contributed by atoms with Gasteiger partial charge in [0.05, 0.1) is 20.3 Å². The van der Waals surface area contributed by atoms with Crippen molar-refractivity contribution in [1.29, 1.82) is 0 Å². The molecule has 2 aromatic carbocycles. The van der Waals surface area contributed by atoms with E-state index in [0.717, 1.165) is 27.7 Å². The lowest BCUT2D eigenvalue weighted by molar-refractivity contribution is -0.143. The smallest absolute Gasteiger partial charge is 0.323 e. The number of methoxy groups -OCH3 is 2. The maximum absolute atomic E-state index is 12.2. The van der Waals surface area contributed by atoms with Gasteiger partial charge in [-0.25, -0.2) is 0 Å². The molecule has 3 N–H and O–H groups in total. The number of rotatable bonds is 3. The zero-order valence-electron chi connectivity index (χ0n) is 15.0. The predicted octanol–water partition coefficient (Wildman–Crippen LogP) is 3.08. The van der Waals surface area contributed by atoms with E-state index in [1.165, 1.54) is 14.2 Å². The van der Waals surface area contributed by atoms with E-state index in [4.69, 9.17) is 9.47 Å². The topological polar surface area (TPSA) is 83.6 Å². The molecule has 7 heteroatoms. The van der Waals surface area contributed by atoms with Crippen LogP contribution in [0.5, 0.6) is 11.5 Å². The van der Waals surface area contributed by atoms with Crippen molar-refractivity contribution in [2.24, 2.45) is 0 Å². The Hall–Kier alpha value is -2.70. The number of hydrogen-bond acceptors (Lipinski definition) is 5. The number of halogens is 1. The highest BCUT2D eigenvalue weighted by Gasteiger charge is 2.34. The van der Waals surface area contributed by atoms with Crippen molar-refractivity contribution in [3.05, 3.63) is 59.3 Å². The van der Waals surface area contributed by atoms with Crippen molar-refractivity contribution in [2.75, 3.05) is 14.2 Å². The number of aromatic hydroxyl groups is 1. The molecule has 0 unspecified atom stereocenters. The molecule has 0 radical (unpaired) electrons. The Kier molecular flexibility index (Phi) is 5.30. The first-order valence-corrected chi connectivity index (χ1v) is 8.42. The van der Waals surface area contributed by atoms with Crippen LogP contribution in [0.2, 0.25) is 0 Å². The summed E-state index contributed by atoms with van der Waals surface area (Å²) < 4.78 is 10.2. The number of esters is 1. The second-order valence-electron chi connectivity index (χ2n) is 6.37. The largest absolute Gasteiger partial charge is 0.504 e. The predicted molar refractivity (Wildman–Crippen MR) is 105 cm³/mol. The molecule has 2 atom stereocenters. The Bertz CT molecular complexity index is 985. The molecule has 0 saturated heterocycles. The molecule has 4 rings (SSSR count).